The van der Waals surface area contributed by atoms with Crippen molar-refractivity contribution in [2.75, 3.05) is 26.2 Å². The summed E-state index contributed by atoms with van der Waals surface area (Å²) in [5.41, 5.74) is -0.635. The van der Waals surface area contributed by atoms with Crippen LogP contribution in [0.25, 0.3) is 0 Å². The molecule has 0 aliphatic carbocycles. The van der Waals surface area contributed by atoms with Crippen molar-refractivity contribution in [1.29, 1.82) is 0 Å². The second-order valence-electron chi connectivity index (χ2n) is 8.00. The average Bonchev–Trinajstić information content (AvgIpc) is 3.17. The van der Waals surface area contributed by atoms with Crippen molar-refractivity contribution in [3.8, 4) is 0 Å². The molecule has 0 aromatic carbocycles. The summed E-state index contributed by atoms with van der Waals surface area (Å²) in [6, 6.07) is -1.00. The largest absolute Gasteiger partial charge is 0.444 e. The van der Waals surface area contributed by atoms with Gasteiger partial charge in [0.25, 0.3) is 0 Å². The van der Waals surface area contributed by atoms with Gasteiger partial charge in [-0.05, 0) is 33.6 Å². The fourth-order valence-corrected chi connectivity index (χ4v) is 3.38. The van der Waals surface area contributed by atoms with E-state index < -0.39 is 17.7 Å². The van der Waals surface area contributed by atoms with Crippen LogP contribution in [0.5, 0.6) is 0 Å². The molecule has 1 aromatic heterocycles. The van der Waals surface area contributed by atoms with Crippen LogP contribution in [0.2, 0.25) is 0 Å². The van der Waals surface area contributed by atoms with E-state index in [1.54, 1.807) is 20.8 Å². The smallest absolute Gasteiger partial charge is 0.410 e. The third kappa shape index (κ3) is 4.36. The zero-order chi connectivity index (χ0) is 20.5. The van der Waals surface area contributed by atoms with Crippen molar-refractivity contribution in [3.05, 3.63) is 11.8 Å². The first-order chi connectivity index (χ1) is 13.2. The SMILES string of the molecule is CC(C)(C)OC(=O)N(CCO)CCc1nnc([C@@H]2CC[C@H]3CN2C(=O)N3O)o1. The highest BCUT2D eigenvalue weighted by Gasteiger charge is 2.46. The zero-order valence-corrected chi connectivity index (χ0v) is 16.4. The molecule has 2 aliphatic heterocycles. The number of piperidine rings is 1. The molecular formula is C17H27N5O6. The van der Waals surface area contributed by atoms with E-state index in [1.807, 2.05) is 0 Å². The highest BCUT2D eigenvalue weighted by molar-refractivity contribution is 5.76. The molecule has 1 aromatic rings. The summed E-state index contributed by atoms with van der Waals surface area (Å²) in [6.07, 6.45) is 1.06. The minimum Gasteiger partial charge on any atom is -0.444 e. The van der Waals surface area contributed by atoms with Crippen LogP contribution in [0.4, 0.5) is 9.59 Å². The van der Waals surface area contributed by atoms with E-state index in [0.29, 0.717) is 37.6 Å². The van der Waals surface area contributed by atoms with Gasteiger partial charge in [-0.2, -0.15) is 0 Å². The van der Waals surface area contributed by atoms with Gasteiger partial charge in [0.15, 0.2) is 0 Å². The molecule has 0 saturated carbocycles. The van der Waals surface area contributed by atoms with E-state index in [4.69, 9.17) is 9.15 Å². The highest BCUT2D eigenvalue weighted by Crippen LogP contribution is 2.36. The van der Waals surface area contributed by atoms with Crippen LogP contribution >= 0.6 is 0 Å². The number of aliphatic hydroxyl groups excluding tert-OH is 1. The van der Waals surface area contributed by atoms with Gasteiger partial charge in [0.2, 0.25) is 11.8 Å². The van der Waals surface area contributed by atoms with Gasteiger partial charge in [-0.1, -0.05) is 0 Å². The number of urea groups is 1. The van der Waals surface area contributed by atoms with Gasteiger partial charge >= 0.3 is 12.1 Å². The van der Waals surface area contributed by atoms with E-state index in [-0.39, 0.29) is 31.8 Å². The minimum absolute atomic E-state index is 0.133. The molecule has 2 atom stereocenters. The predicted octanol–water partition coefficient (Wildman–Crippen LogP) is 1.17. The Balaban J connectivity index is 1.61. The third-order valence-corrected chi connectivity index (χ3v) is 4.73. The lowest BCUT2D eigenvalue weighted by Crippen LogP contribution is -2.39. The maximum absolute atomic E-state index is 12.2. The Hall–Kier alpha value is -2.40. The first-order valence-corrected chi connectivity index (χ1v) is 9.39. The van der Waals surface area contributed by atoms with Gasteiger partial charge < -0.3 is 24.1 Å². The van der Waals surface area contributed by atoms with Crippen LogP contribution in [0.3, 0.4) is 0 Å². The second-order valence-corrected chi connectivity index (χ2v) is 8.00. The number of carbonyl (C=O) groups excluding carboxylic acids is 2. The Labute approximate surface area is 162 Å². The summed E-state index contributed by atoms with van der Waals surface area (Å²) < 4.78 is 11.0. The maximum atomic E-state index is 12.2. The van der Waals surface area contributed by atoms with Crippen LogP contribution in [-0.2, 0) is 11.2 Å². The molecule has 156 valence electrons. The average molecular weight is 397 g/mol. The van der Waals surface area contributed by atoms with Gasteiger partial charge in [0.05, 0.1) is 12.6 Å². The number of fused-ring (bicyclic) bond motifs is 2. The van der Waals surface area contributed by atoms with Crippen molar-refractivity contribution in [1.82, 2.24) is 25.1 Å². The highest BCUT2D eigenvalue weighted by atomic mass is 16.6. The number of carbonyl (C=O) groups is 2. The van der Waals surface area contributed by atoms with Gasteiger partial charge in [0, 0.05) is 26.1 Å². The Bertz CT molecular complexity index is 717. The lowest BCUT2D eigenvalue weighted by molar-refractivity contribution is -0.0584. The predicted molar refractivity (Wildman–Crippen MR) is 94.4 cm³/mol. The zero-order valence-electron chi connectivity index (χ0n) is 16.4. The van der Waals surface area contributed by atoms with E-state index in [0.717, 1.165) is 5.06 Å². The number of rotatable bonds is 6. The van der Waals surface area contributed by atoms with Crippen LogP contribution in [0.1, 0.15) is 51.4 Å². The summed E-state index contributed by atoms with van der Waals surface area (Å²) in [5, 5.41) is 27.8. The van der Waals surface area contributed by atoms with Crippen molar-refractivity contribution in [2.24, 2.45) is 0 Å². The first-order valence-electron chi connectivity index (χ1n) is 9.39. The lowest BCUT2D eigenvalue weighted by Gasteiger charge is -2.27. The summed E-state index contributed by atoms with van der Waals surface area (Å²) in [5.74, 6) is 0.652. The Morgan fingerprint density at radius 1 is 1.32 bits per heavy atom. The van der Waals surface area contributed by atoms with Crippen LogP contribution < -0.4 is 0 Å². The number of aromatic nitrogens is 2. The first kappa shape index (κ1) is 20.3. The molecule has 28 heavy (non-hydrogen) atoms. The molecule has 0 spiro atoms. The Morgan fingerprint density at radius 3 is 2.75 bits per heavy atom. The van der Waals surface area contributed by atoms with Crippen molar-refractivity contribution < 1.29 is 29.1 Å². The molecular weight excluding hydrogens is 370 g/mol. The Kier molecular flexibility index (Phi) is 5.75. The lowest BCUT2D eigenvalue weighted by atomic mass is 10.0. The quantitative estimate of drug-likeness (QED) is 0.684. The van der Waals surface area contributed by atoms with Gasteiger partial charge in [-0.3, -0.25) is 5.21 Å². The topological polar surface area (TPSA) is 132 Å². The normalized spacial score (nSPS) is 22.0. The van der Waals surface area contributed by atoms with E-state index in [2.05, 4.69) is 10.2 Å². The second kappa shape index (κ2) is 7.92. The minimum atomic E-state index is -0.635. The van der Waals surface area contributed by atoms with Crippen LogP contribution in [-0.4, -0.2) is 85.4 Å². The van der Waals surface area contributed by atoms with E-state index in [9.17, 15) is 19.9 Å². The maximum Gasteiger partial charge on any atom is 0.410 e. The molecule has 2 bridgehead atoms. The molecule has 2 N–H and O–H groups in total. The van der Waals surface area contributed by atoms with Gasteiger partial charge in [-0.25, -0.2) is 14.7 Å². The standard InChI is InChI=1S/C17H27N5O6/c1-17(2,3)28-16(25)20(8-9-23)7-6-13-18-19-14(27-13)12-5-4-11-10-21(12)15(24)22(11)26/h11-12,23,26H,4-10H2,1-3H3/t11-,12-/m0/s1. The molecule has 11 heteroatoms. The summed E-state index contributed by atoms with van der Waals surface area (Å²) in [7, 11) is 0. The van der Waals surface area contributed by atoms with Gasteiger partial charge in [0.1, 0.15) is 11.6 Å². The van der Waals surface area contributed by atoms with Crippen molar-refractivity contribution in [3.63, 3.8) is 0 Å². The number of aliphatic hydroxyl groups is 1. The molecule has 2 fully saturated rings. The summed E-state index contributed by atoms with van der Waals surface area (Å²) >= 11 is 0. The number of nitrogens with zero attached hydrogens (tertiary/aromatic N) is 5. The van der Waals surface area contributed by atoms with Crippen molar-refractivity contribution in [2.45, 2.75) is 57.7 Å². The number of hydrogen-bond acceptors (Lipinski definition) is 8. The van der Waals surface area contributed by atoms with Gasteiger partial charge in [-0.15, -0.1) is 10.2 Å². The number of ether oxygens (including phenoxy) is 1. The third-order valence-electron chi connectivity index (χ3n) is 4.73. The van der Waals surface area contributed by atoms with Crippen LogP contribution in [0, 0.1) is 0 Å². The number of hydrogen-bond donors (Lipinski definition) is 2. The Morgan fingerprint density at radius 2 is 2.07 bits per heavy atom. The monoisotopic (exact) mass is 397 g/mol. The fourth-order valence-electron chi connectivity index (χ4n) is 3.38. The fraction of sp³-hybridized carbons (Fsp3) is 0.765. The number of hydroxylamine groups is 2. The molecule has 3 rings (SSSR count). The molecule has 0 radical (unpaired) electrons. The van der Waals surface area contributed by atoms with Crippen molar-refractivity contribution >= 4 is 12.1 Å². The molecule has 11 nitrogen and oxygen atoms in total. The number of amides is 3. The molecule has 2 saturated heterocycles. The summed E-state index contributed by atoms with van der Waals surface area (Å²) in [4.78, 5) is 27.2. The van der Waals surface area contributed by atoms with E-state index in [1.165, 1.54) is 9.80 Å². The summed E-state index contributed by atoms with van der Waals surface area (Å²) in [6.45, 7) is 5.94. The van der Waals surface area contributed by atoms with Crippen LogP contribution in [0.15, 0.2) is 4.42 Å². The molecule has 3 heterocycles. The van der Waals surface area contributed by atoms with E-state index >= 15 is 0 Å². The molecule has 0 unspecified atom stereocenters. The molecule has 2 aliphatic rings. The molecule has 3 amide bonds.